The number of aliphatic hydroxyl groups is 1. The average molecular weight is 1610 g/mol. The Kier molecular flexibility index (Phi) is 35.5. The third-order valence-electron chi connectivity index (χ3n) is 19.1. The third kappa shape index (κ3) is 26.9. The van der Waals surface area contributed by atoms with Crippen molar-refractivity contribution in [1.82, 2.24) is 62.1 Å². The van der Waals surface area contributed by atoms with Crippen molar-refractivity contribution in [2.24, 2.45) is 5.92 Å². The number of ether oxygens (including phenoxy) is 10. The lowest BCUT2D eigenvalue weighted by molar-refractivity contribution is -0.172. The zero-order chi connectivity index (χ0) is 81.2. The van der Waals surface area contributed by atoms with Gasteiger partial charge in [-0.25, -0.2) is 32.6 Å². The van der Waals surface area contributed by atoms with E-state index in [1.807, 2.05) is 0 Å². The van der Waals surface area contributed by atoms with Crippen molar-refractivity contribution in [1.29, 1.82) is 0 Å². The molecule has 7 amide bonds. The van der Waals surface area contributed by atoms with Gasteiger partial charge in [0.2, 0.25) is 56.3 Å². The van der Waals surface area contributed by atoms with E-state index in [0.29, 0.717) is 194 Å². The van der Waals surface area contributed by atoms with Crippen molar-refractivity contribution in [2.75, 3.05) is 152 Å². The Balaban J connectivity index is 0.682. The van der Waals surface area contributed by atoms with Gasteiger partial charge in [-0.05, 0) is 98.6 Å². The van der Waals surface area contributed by atoms with E-state index >= 15 is 4.39 Å². The second-order valence-corrected chi connectivity index (χ2v) is 29.4. The van der Waals surface area contributed by atoms with Crippen LogP contribution in [0.2, 0.25) is 0 Å². The van der Waals surface area contributed by atoms with Crippen LogP contribution in [0.3, 0.4) is 0 Å². The summed E-state index contributed by atoms with van der Waals surface area (Å²) in [4.78, 5) is 134. The fraction of sp³-hybridized carbons (Fsp3) is 0.564. The number of methoxy groups -OCH3 is 1. The molecule has 0 bridgehead atoms. The molecule has 9 N–H and O–H groups in total. The molecule has 3 aromatic heterocycles. The number of halogens is 1. The lowest BCUT2D eigenvalue weighted by atomic mass is 9.86. The number of aryl methyl sites for hydroxylation is 1. The number of carbonyl (C=O) groups is 8. The second kappa shape index (κ2) is 45.7. The molecule has 0 saturated heterocycles. The van der Waals surface area contributed by atoms with Crippen LogP contribution in [-0.4, -0.2) is 250 Å². The molecule has 0 radical (unpaired) electrons. The first-order chi connectivity index (χ1) is 55.2. The molecule has 4 aliphatic rings. The molecule has 2 aromatic carbocycles. The van der Waals surface area contributed by atoms with Crippen LogP contribution in [-0.2, 0) is 140 Å². The number of rotatable bonds is 52. The van der Waals surface area contributed by atoms with Crippen molar-refractivity contribution in [2.45, 2.75) is 133 Å². The van der Waals surface area contributed by atoms with Gasteiger partial charge in [-0.2, -0.15) is 0 Å². The minimum Gasteiger partial charge on any atom is -0.458 e. The van der Waals surface area contributed by atoms with E-state index in [-0.39, 0.29) is 87.3 Å². The number of sulfone groups is 1. The number of hydrogen-bond acceptors (Lipinski definition) is 26. The summed E-state index contributed by atoms with van der Waals surface area (Å²) in [6.07, 6.45) is 7.25. The summed E-state index contributed by atoms with van der Waals surface area (Å²) < 4.78 is 95.4. The maximum atomic E-state index is 15.7. The highest BCUT2D eigenvalue weighted by atomic mass is 32.2. The number of fused-ring (bicyclic) bond motifs is 7. The molecular formula is C78H103FN12O22S. The number of aromatic nitrogens is 4. The molecule has 2 aliphatic carbocycles. The van der Waals surface area contributed by atoms with Gasteiger partial charge in [0.25, 0.3) is 5.56 Å². The number of nitrogens with one attached hydrogen (secondary N) is 8. The van der Waals surface area contributed by atoms with E-state index in [1.165, 1.54) is 23.0 Å². The molecule has 2 aliphatic heterocycles. The third-order valence-corrected chi connectivity index (χ3v) is 20.0. The van der Waals surface area contributed by atoms with Gasteiger partial charge >= 0.3 is 5.97 Å². The molecule has 1 fully saturated rings. The molecule has 0 spiro atoms. The standard InChI is InChI=1S/C78H103FN12O22S/c1-4-78(101)59-40-64-70-57(48-91(64)75(99)58(59)49-112-76(78)100)56(69-55-17-12-16-54(55)60(79)41-62(69)90-70)44-84-74(98)71(53-18-19-53)113-50-88-67(94)46-85-73(97)63(39-51-13-9-7-10-14-51)89-68(95)47-83-66(93)45-82-65(92)21-20-61(80-22-11-6-5-8-15-52-42-86-77(87-43-52)114(3,102)103)72(96)81-23-24-105-27-28-107-31-32-109-35-36-111-38-37-110-34-33-108-30-29-106-26-25-104-2/h7,9-10,13-14,40-43,53,61,63,71,80,101H,4-6,11-12,16-39,44-50H2,1-3H3,(H,81,96)(H,82,92)(H,83,93)(H,84,98)(H,85,97)(H,88,94)(H,89,95)/t61-,63-,71-,78-/m0/s1. The molecule has 5 aromatic rings. The van der Waals surface area contributed by atoms with Crippen LogP contribution < -0.4 is 48.1 Å². The fourth-order valence-electron chi connectivity index (χ4n) is 13.0. The van der Waals surface area contributed by atoms with E-state index < -0.39 is 119 Å². The van der Waals surface area contributed by atoms with E-state index in [4.69, 9.17) is 52.4 Å². The highest BCUT2D eigenvalue weighted by Gasteiger charge is 2.46. The zero-order valence-corrected chi connectivity index (χ0v) is 65.4. The van der Waals surface area contributed by atoms with E-state index in [2.05, 4.69) is 64.3 Å². The number of carbonyl (C=O) groups excluding carboxylic acids is 8. The first-order valence-electron chi connectivity index (χ1n) is 38.4. The Morgan fingerprint density at radius 1 is 0.693 bits per heavy atom. The quantitative estimate of drug-likeness (QED) is 0.00815. The molecule has 5 heterocycles. The van der Waals surface area contributed by atoms with Crippen LogP contribution in [0.5, 0.6) is 0 Å². The number of benzene rings is 2. The van der Waals surface area contributed by atoms with Crippen LogP contribution in [0.25, 0.3) is 22.3 Å². The maximum absolute atomic E-state index is 15.7. The second-order valence-electron chi connectivity index (χ2n) is 27.5. The highest BCUT2D eigenvalue weighted by molar-refractivity contribution is 7.90. The summed E-state index contributed by atoms with van der Waals surface area (Å²) in [6, 6.07) is 9.60. The SMILES string of the molecule is CC[C@@]1(O)C(=O)OCc2c1cc1n(c2=O)Cc2c-1nc1cc(F)c3c(c1c2CNC(=O)[C@@H](OCNC(=O)CNC(=O)[C@H](Cc1ccccc1)NC(=O)CNC(=O)CNC(=O)CC[C@H](NCCCCC#Cc1cnc(S(C)(=O)=O)nc1)C(=O)NCCOCCOCCOCCOCCOCCOCCOCCOC)C1CC1)CCC3. The van der Waals surface area contributed by atoms with Crippen LogP contribution in [0, 0.1) is 23.6 Å². The Morgan fingerprint density at radius 2 is 1.30 bits per heavy atom. The number of pyridine rings is 2. The Bertz CT molecular complexity index is 4350. The lowest BCUT2D eigenvalue weighted by Gasteiger charge is -2.31. The van der Waals surface area contributed by atoms with Crippen LogP contribution in [0.4, 0.5) is 4.39 Å². The Labute approximate surface area is 660 Å². The summed E-state index contributed by atoms with van der Waals surface area (Å²) in [5.41, 5.74) is 2.34. The summed E-state index contributed by atoms with van der Waals surface area (Å²) in [5, 5.41) is 33.5. The summed E-state index contributed by atoms with van der Waals surface area (Å²) in [5.74, 6) is 0.0570. The first-order valence-corrected chi connectivity index (χ1v) is 40.2. The normalized spacial score (nSPS) is 15.4. The number of hydrogen-bond donors (Lipinski definition) is 9. The zero-order valence-electron chi connectivity index (χ0n) is 64.6. The fourth-order valence-corrected chi connectivity index (χ4v) is 13.5. The molecule has 1 saturated carbocycles. The number of esters is 1. The van der Waals surface area contributed by atoms with Gasteiger partial charge in [-0.3, -0.25) is 38.4 Å². The molecule has 9 rings (SSSR count). The number of amides is 7. The van der Waals surface area contributed by atoms with Crippen molar-refractivity contribution in [3.63, 3.8) is 0 Å². The molecule has 36 heteroatoms. The van der Waals surface area contributed by atoms with Crippen molar-refractivity contribution >= 4 is 68.1 Å². The topological polar surface area (TPSA) is 440 Å². The largest absolute Gasteiger partial charge is 0.458 e. The molecule has 114 heavy (non-hydrogen) atoms. The van der Waals surface area contributed by atoms with Crippen molar-refractivity contribution in [3.05, 3.63) is 116 Å². The number of nitrogens with zero attached hydrogens (tertiary/aromatic N) is 4. The van der Waals surface area contributed by atoms with Gasteiger partial charge in [0.05, 0.1) is 159 Å². The summed E-state index contributed by atoms with van der Waals surface area (Å²) in [7, 11) is -1.95. The minimum atomic E-state index is -3.56. The van der Waals surface area contributed by atoms with Gasteiger partial charge in [0.15, 0.2) is 5.60 Å². The number of cyclic esters (lactones) is 1. The van der Waals surface area contributed by atoms with E-state index in [9.17, 15) is 56.7 Å². The predicted molar refractivity (Wildman–Crippen MR) is 408 cm³/mol. The summed E-state index contributed by atoms with van der Waals surface area (Å²) in [6.45, 7) is 5.70. The van der Waals surface area contributed by atoms with Crippen LogP contribution in [0.1, 0.15) is 109 Å². The predicted octanol–water partition coefficient (Wildman–Crippen LogP) is 0.301. The van der Waals surface area contributed by atoms with E-state index in [0.717, 1.165) is 11.8 Å². The molecule has 34 nitrogen and oxygen atoms in total. The molecular weight excluding hydrogens is 1510 g/mol. The van der Waals surface area contributed by atoms with Gasteiger partial charge in [0, 0.05) is 80.7 Å². The molecule has 4 atom stereocenters. The molecule has 620 valence electrons. The smallest absolute Gasteiger partial charge is 0.343 e. The Hall–Kier alpha value is -9.36. The lowest BCUT2D eigenvalue weighted by Crippen LogP contribution is -2.52. The maximum Gasteiger partial charge on any atom is 0.343 e. The number of unbranched alkanes of at least 4 members (excludes halogenated alkanes) is 2. The summed E-state index contributed by atoms with van der Waals surface area (Å²) >= 11 is 0. The average Bonchev–Trinajstić information content (AvgIpc) is 1.54. The van der Waals surface area contributed by atoms with Crippen molar-refractivity contribution in [3.8, 4) is 23.2 Å². The van der Waals surface area contributed by atoms with Crippen molar-refractivity contribution < 1.29 is 104 Å². The first kappa shape index (κ1) is 88.6. The minimum absolute atomic E-state index is 0.00741. The van der Waals surface area contributed by atoms with E-state index in [1.54, 1.807) is 50.4 Å². The molecule has 0 unspecified atom stereocenters. The van der Waals surface area contributed by atoms with Gasteiger partial charge in [-0.15, -0.1) is 0 Å². The Morgan fingerprint density at radius 3 is 1.94 bits per heavy atom. The van der Waals surface area contributed by atoms with Gasteiger partial charge in [0.1, 0.15) is 31.3 Å². The van der Waals surface area contributed by atoms with Crippen LogP contribution >= 0.6 is 0 Å². The monoisotopic (exact) mass is 1610 g/mol. The van der Waals surface area contributed by atoms with Gasteiger partial charge < -0.3 is 99.6 Å². The van der Waals surface area contributed by atoms with Gasteiger partial charge in [-0.1, -0.05) is 49.1 Å². The van der Waals surface area contributed by atoms with Crippen LogP contribution in [0.15, 0.2) is 64.8 Å². The highest BCUT2D eigenvalue weighted by Crippen LogP contribution is 2.43.